The van der Waals surface area contributed by atoms with Crippen LogP contribution < -0.4 is 14.2 Å². The maximum Gasteiger partial charge on any atom is 0.328 e. The van der Waals surface area contributed by atoms with Crippen molar-refractivity contribution < 1.29 is 34.0 Å². The Bertz CT molecular complexity index is 787. The largest absolute Gasteiger partial charge is 0.489 e. The molecule has 0 spiro atoms. The number of aliphatic carboxylic acids is 1. The quantitative estimate of drug-likeness (QED) is 0.139. The van der Waals surface area contributed by atoms with Gasteiger partial charge in [-0.15, -0.1) is 0 Å². The molecule has 2 N–H and O–H groups in total. The van der Waals surface area contributed by atoms with Crippen LogP contribution in [0.1, 0.15) is 97.5 Å². The summed E-state index contributed by atoms with van der Waals surface area (Å²) in [4.78, 5) is 23.3. The number of benzene rings is 1. The second-order valence-corrected chi connectivity index (χ2v) is 8.49. The number of ether oxygens (including phenoxy) is 3. The molecular formula is C27H42O7. The fourth-order valence-electron chi connectivity index (χ4n) is 3.44. The number of hydrogen-bond donors (Lipinski definition) is 2. The molecule has 192 valence electrons. The zero-order valence-corrected chi connectivity index (χ0v) is 21.2. The fraction of sp³-hybridized carbons (Fsp3) is 0.630. The molecule has 0 saturated heterocycles. The predicted octanol–water partition coefficient (Wildman–Crippen LogP) is 6.16. The SMILES string of the molecule is CCCCCCOc1c(C=CC(=O)O)ccc(OC(O)(CCC)C(C)=O)c1OCCCCCC. The molecule has 1 aromatic carbocycles. The van der Waals surface area contributed by atoms with Gasteiger partial charge in [0.1, 0.15) is 0 Å². The van der Waals surface area contributed by atoms with Crippen molar-refractivity contribution in [1.82, 2.24) is 0 Å². The number of rotatable bonds is 19. The third kappa shape index (κ3) is 10.2. The number of unbranched alkanes of at least 4 members (excludes halogenated alkanes) is 6. The number of carboxylic acid groups (broad SMARTS) is 1. The summed E-state index contributed by atoms with van der Waals surface area (Å²) in [6.07, 6.45) is 11.2. The Kier molecular flexibility index (Phi) is 14.0. The molecule has 0 fully saturated rings. The van der Waals surface area contributed by atoms with Gasteiger partial charge in [-0.25, -0.2) is 4.79 Å². The highest BCUT2D eigenvalue weighted by atomic mass is 16.6. The first-order valence-electron chi connectivity index (χ1n) is 12.5. The maximum absolute atomic E-state index is 12.2. The van der Waals surface area contributed by atoms with E-state index >= 15 is 0 Å². The first kappa shape index (κ1) is 29.5. The minimum Gasteiger partial charge on any atom is -0.489 e. The predicted molar refractivity (Wildman–Crippen MR) is 134 cm³/mol. The second kappa shape index (κ2) is 16.1. The van der Waals surface area contributed by atoms with Crippen LogP contribution in [0.25, 0.3) is 6.08 Å². The van der Waals surface area contributed by atoms with Gasteiger partial charge in [-0.1, -0.05) is 59.3 Å². The van der Waals surface area contributed by atoms with Gasteiger partial charge in [0.2, 0.25) is 11.5 Å². The Morgan fingerprint density at radius 2 is 1.47 bits per heavy atom. The van der Waals surface area contributed by atoms with Gasteiger partial charge in [0.05, 0.1) is 13.2 Å². The Hall–Kier alpha value is -2.54. The summed E-state index contributed by atoms with van der Waals surface area (Å²) in [6.45, 7) is 8.23. The third-order valence-corrected chi connectivity index (χ3v) is 5.42. The van der Waals surface area contributed by atoms with Gasteiger partial charge in [-0.05, 0) is 37.5 Å². The van der Waals surface area contributed by atoms with Crippen molar-refractivity contribution in [3.8, 4) is 17.2 Å². The van der Waals surface area contributed by atoms with E-state index in [2.05, 4.69) is 13.8 Å². The van der Waals surface area contributed by atoms with Crippen molar-refractivity contribution in [2.75, 3.05) is 13.2 Å². The van der Waals surface area contributed by atoms with E-state index in [0.717, 1.165) is 57.4 Å². The molecule has 0 saturated carbocycles. The number of aliphatic hydroxyl groups is 1. The Morgan fingerprint density at radius 3 is 1.97 bits per heavy atom. The highest BCUT2D eigenvalue weighted by Gasteiger charge is 2.36. The van der Waals surface area contributed by atoms with Crippen molar-refractivity contribution in [1.29, 1.82) is 0 Å². The van der Waals surface area contributed by atoms with Crippen LogP contribution in [0.15, 0.2) is 18.2 Å². The Labute approximate surface area is 204 Å². The number of carbonyl (C=O) groups is 2. The van der Waals surface area contributed by atoms with E-state index in [4.69, 9.17) is 19.3 Å². The molecule has 0 heterocycles. The van der Waals surface area contributed by atoms with Crippen molar-refractivity contribution in [2.24, 2.45) is 0 Å². The van der Waals surface area contributed by atoms with Gasteiger partial charge in [0.25, 0.3) is 5.79 Å². The third-order valence-electron chi connectivity index (χ3n) is 5.42. The van der Waals surface area contributed by atoms with Gasteiger partial charge in [0, 0.05) is 25.0 Å². The van der Waals surface area contributed by atoms with E-state index in [1.807, 2.05) is 6.92 Å². The van der Waals surface area contributed by atoms with E-state index in [9.17, 15) is 14.7 Å². The molecule has 7 nitrogen and oxygen atoms in total. The monoisotopic (exact) mass is 478 g/mol. The van der Waals surface area contributed by atoms with E-state index < -0.39 is 17.5 Å². The van der Waals surface area contributed by atoms with Gasteiger partial charge >= 0.3 is 5.97 Å². The van der Waals surface area contributed by atoms with Crippen LogP contribution in [0.2, 0.25) is 0 Å². The molecule has 0 radical (unpaired) electrons. The van der Waals surface area contributed by atoms with Crippen molar-refractivity contribution in [2.45, 2.75) is 97.7 Å². The second-order valence-electron chi connectivity index (χ2n) is 8.49. The lowest BCUT2D eigenvalue weighted by atomic mass is 10.1. The average molecular weight is 479 g/mol. The summed E-state index contributed by atoms with van der Waals surface area (Å²) >= 11 is 0. The summed E-state index contributed by atoms with van der Waals surface area (Å²) < 4.78 is 18.0. The normalized spacial score (nSPS) is 13.0. The molecule has 7 heteroatoms. The van der Waals surface area contributed by atoms with Gasteiger partial charge in [-0.2, -0.15) is 0 Å². The first-order valence-corrected chi connectivity index (χ1v) is 12.5. The van der Waals surface area contributed by atoms with Crippen LogP contribution >= 0.6 is 0 Å². The summed E-state index contributed by atoms with van der Waals surface area (Å²) in [6, 6.07) is 3.23. The lowest BCUT2D eigenvalue weighted by molar-refractivity contribution is -0.172. The van der Waals surface area contributed by atoms with E-state index in [0.29, 0.717) is 30.9 Å². The minimum absolute atomic E-state index is 0.131. The first-order chi connectivity index (χ1) is 16.3. The number of ketones is 1. The lowest BCUT2D eigenvalue weighted by Gasteiger charge is -2.28. The van der Waals surface area contributed by atoms with Gasteiger partial charge < -0.3 is 24.4 Å². The average Bonchev–Trinajstić information content (AvgIpc) is 2.79. The number of Topliss-reactive ketones (excluding diaryl/α,β-unsaturated/α-hetero) is 1. The molecule has 0 aliphatic rings. The number of carbonyl (C=O) groups excluding carboxylic acids is 1. The molecule has 0 aliphatic carbocycles. The molecule has 0 aromatic heterocycles. The topological polar surface area (TPSA) is 102 Å². The van der Waals surface area contributed by atoms with Crippen LogP contribution in [0.3, 0.4) is 0 Å². The van der Waals surface area contributed by atoms with Crippen LogP contribution in [0.4, 0.5) is 0 Å². The van der Waals surface area contributed by atoms with Gasteiger partial charge in [0.15, 0.2) is 11.5 Å². The lowest BCUT2D eigenvalue weighted by Crippen LogP contribution is -2.43. The zero-order valence-electron chi connectivity index (χ0n) is 21.2. The molecule has 1 aromatic rings. The Balaban J connectivity index is 3.38. The van der Waals surface area contributed by atoms with E-state index in [-0.39, 0.29) is 17.9 Å². The molecule has 1 unspecified atom stereocenters. The number of hydrogen-bond acceptors (Lipinski definition) is 6. The van der Waals surface area contributed by atoms with Crippen LogP contribution in [0.5, 0.6) is 17.2 Å². The molecule has 0 bridgehead atoms. The molecular weight excluding hydrogens is 436 g/mol. The summed E-state index contributed by atoms with van der Waals surface area (Å²) in [5, 5.41) is 20.0. The summed E-state index contributed by atoms with van der Waals surface area (Å²) in [5.74, 6) is -2.74. The van der Waals surface area contributed by atoms with Crippen molar-refractivity contribution in [3.63, 3.8) is 0 Å². The number of carboxylic acids is 1. The van der Waals surface area contributed by atoms with E-state index in [1.54, 1.807) is 12.1 Å². The summed E-state index contributed by atoms with van der Waals surface area (Å²) in [5.41, 5.74) is 0.524. The van der Waals surface area contributed by atoms with Crippen LogP contribution in [-0.2, 0) is 9.59 Å². The fourth-order valence-corrected chi connectivity index (χ4v) is 3.44. The van der Waals surface area contributed by atoms with Crippen LogP contribution in [-0.4, -0.2) is 41.0 Å². The maximum atomic E-state index is 12.2. The molecule has 1 atom stereocenters. The highest BCUT2D eigenvalue weighted by Crippen LogP contribution is 2.43. The molecule has 0 amide bonds. The summed E-state index contributed by atoms with van der Waals surface area (Å²) in [7, 11) is 0. The Morgan fingerprint density at radius 1 is 0.882 bits per heavy atom. The standard InChI is InChI=1S/C27H42O7/c1-5-8-10-12-19-32-25-22(15-17-24(29)30)14-16-23(26(25)33-20-13-11-9-6-2)34-27(31,18-7-3)21(4)28/h14-17,31H,5-13,18-20H2,1-4H3,(H,29,30). The van der Waals surface area contributed by atoms with Gasteiger partial charge in [-0.3, -0.25) is 4.79 Å². The zero-order chi connectivity index (χ0) is 25.4. The molecule has 34 heavy (non-hydrogen) atoms. The van der Waals surface area contributed by atoms with Crippen LogP contribution in [0, 0.1) is 0 Å². The van der Waals surface area contributed by atoms with Crippen molar-refractivity contribution >= 4 is 17.8 Å². The highest BCUT2D eigenvalue weighted by molar-refractivity contribution is 5.86. The minimum atomic E-state index is -1.98. The molecule has 1 rings (SSSR count). The smallest absolute Gasteiger partial charge is 0.328 e. The molecule has 0 aliphatic heterocycles. The van der Waals surface area contributed by atoms with E-state index in [1.165, 1.54) is 13.0 Å². The van der Waals surface area contributed by atoms with Crippen molar-refractivity contribution in [3.05, 3.63) is 23.8 Å².